The molecule has 0 unspecified atom stereocenters. The largest absolute Gasteiger partial charge is 0.497 e. The number of hydrogen-bond acceptors (Lipinski definition) is 8. The second-order valence-corrected chi connectivity index (χ2v) is 8.80. The molecule has 39 heavy (non-hydrogen) atoms. The molecule has 0 saturated heterocycles. The number of non-ortho nitro benzene ring substituents is 1. The number of anilines is 2. The van der Waals surface area contributed by atoms with E-state index in [0.29, 0.717) is 17.0 Å². The third-order valence-corrected chi connectivity index (χ3v) is 6.18. The van der Waals surface area contributed by atoms with Gasteiger partial charge in [-0.05, 0) is 54.1 Å². The summed E-state index contributed by atoms with van der Waals surface area (Å²) < 4.78 is 34.6. The number of hydrogen-bond donors (Lipinski definition) is 1. The van der Waals surface area contributed by atoms with Crippen LogP contribution in [0.4, 0.5) is 25.8 Å². The lowest BCUT2D eigenvalue weighted by Crippen LogP contribution is -2.31. The molecule has 0 spiro atoms. The van der Waals surface area contributed by atoms with E-state index in [1.54, 1.807) is 30.3 Å². The molecule has 0 atom stereocenters. The van der Waals surface area contributed by atoms with Crippen molar-refractivity contribution in [2.24, 2.45) is 4.99 Å². The standard InChI is InChI=1S/C26H20F2N4O6S/c1-37-20-9-5-16(6-10-20)13-22-24(34)31(18-7-11-21(12-8-18)38-25(27)28)26(30-22)39-15-23(33)29-17-3-2-4-19(14-17)32(35)36/h2-14,25H,15H2,1H3,(H,29,33)/b22-13+. The van der Waals surface area contributed by atoms with Gasteiger partial charge >= 0.3 is 6.61 Å². The molecule has 0 bridgehead atoms. The highest BCUT2D eigenvalue weighted by Crippen LogP contribution is 2.31. The maximum absolute atomic E-state index is 13.3. The highest BCUT2D eigenvalue weighted by molar-refractivity contribution is 8.14. The highest BCUT2D eigenvalue weighted by atomic mass is 32.2. The van der Waals surface area contributed by atoms with Crippen molar-refractivity contribution < 1.29 is 32.8 Å². The van der Waals surface area contributed by atoms with Gasteiger partial charge in [0.2, 0.25) is 5.91 Å². The number of amidine groups is 1. The smallest absolute Gasteiger partial charge is 0.387 e. The van der Waals surface area contributed by atoms with Crippen LogP contribution in [-0.4, -0.2) is 41.4 Å². The normalized spacial score (nSPS) is 13.9. The number of halogens is 2. The third kappa shape index (κ3) is 6.96. The fourth-order valence-corrected chi connectivity index (χ4v) is 4.29. The van der Waals surface area contributed by atoms with Crippen molar-refractivity contribution in [2.75, 3.05) is 23.1 Å². The van der Waals surface area contributed by atoms with Gasteiger partial charge in [0.25, 0.3) is 11.6 Å². The Bertz CT molecular complexity index is 1450. The van der Waals surface area contributed by atoms with Crippen LogP contribution in [0.1, 0.15) is 5.56 Å². The lowest BCUT2D eigenvalue weighted by Gasteiger charge is -2.18. The number of thioether (sulfide) groups is 1. The van der Waals surface area contributed by atoms with Crippen LogP contribution in [0.3, 0.4) is 0 Å². The molecule has 0 aliphatic carbocycles. The van der Waals surface area contributed by atoms with Gasteiger partial charge in [0.05, 0.1) is 23.5 Å². The van der Waals surface area contributed by atoms with Crippen LogP contribution in [0.5, 0.6) is 11.5 Å². The van der Waals surface area contributed by atoms with Crippen LogP contribution >= 0.6 is 11.8 Å². The van der Waals surface area contributed by atoms with Crippen LogP contribution in [-0.2, 0) is 9.59 Å². The van der Waals surface area contributed by atoms with Crippen LogP contribution in [0.2, 0.25) is 0 Å². The van der Waals surface area contributed by atoms with Gasteiger partial charge in [-0.1, -0.05) is 30.0 Å². The zero-order chi connectivity index (χ0) is 27.9. The number of nitrogens with zero attached hydrogens (tertiary/aromatic N) is 3. The Morgan fingerprint density at radius 1 is 1.13 bits per heavy atom. The number of methoxy groups -OCH3 is 1. The van der Waals surface area contributed by atoms with Gasteiger partial charge in [-0.15, -0.1) is 0 Å². The number of carbonyl (C=O) groups excluding carboxylic acids is 2. The summed E-state index contributed by atoms with van der Waals surface area (Å²) >= 11 is 0.961. The molecule has 200 valence electrons. The van der Waals surface area contributed by atoms with Crippen molar-refractivity contribution in [3.63, 3.8) is 0 Å². The summed E-state index contributed by atoms with van der Waals surface area (Å²) in [6, 6.07) is 17.8. The Kier molecular flexibility index (Phi) is 8.51. The summed E-state index contributed by atoms with van der Waals surface area (Å²) in [5.74, 6) is -0.596. The van der Waals surface area contributed by atoms with Gasteiger partial charge in [0.15, 0.2) is 5.17 Å². The van der Waals surface area contributed by atoms with Gasteiger partial charge in [0.1, 0.15) is 17.2 Å². The lowest BCUT2D eigenvalue weighted by atomic mass is 10.2. The minimum atomic E-state index is -3.00. The van der Waals surface area contributed by atoms with Crippen molar-refractivity contribution in [2.45, 2.75) is 6.61 Å². The highest BCUT2D eigenvalue weighted by Gasteiger charge is 2.32. The summed E-state index contributed by atoms with van der Waals surface area (Å²) in [7, 11) is 1.53. The van der Waals surface area contributed by atoms with Crippen molar-refractivity contribution in [3.05, 3.63) is 94.2 Å². The summed E-state index contributed by atoms with van der Waals surface area (Å²) in [6.45, 7) is -3.00. The number of alkyl halides is 2. The van der Waals surface area contributed by atoms with Crippen LogP contribution in [0.15, 0.2) is 83.5 Å². The summed E-state index contributed by atoms with van der Waals surface area (Å²) in [5.41, 5.74) is 1.16. The fraction of sp³-hybridized carbons (Fsp3) is 0.115. The molecule has 3 aromatic carbocycles. The molecule has 0 radical (unpaired) electrons. The average molecular weight is 555 g/mol. The molecule has 1 heterocycles. The maximum atomic E-state index is 13.3. The Labute approximate surface area is 225 Å². The summed E-state index contributed by atoms with van der Waals surface area (Å²) in [4.78, 5) is 42.0. The van der Waals surface area contributed by atoms with Crippen LogP contribution < -0.4 is 19.7 Å². The molecule has 1 N–H and O–H groups in total. The number of nitrogens with one attached hydrogen (secondary N) is 1. The van der Waals surface area contributed by atoms with Gasteiger partial charge in [-0.3, -0.25) is 24.6 Å². The minimum Gasteiger partial charge on any atom is -0.497 e. The van der Waals surface area contributed by atoms with Crippen molar-refractivity contribution in [3.8, 4) is 11.5 Å². The predicted molar refractivity (Wildman–Crippen MR) is 143 cm³/mol. The quantitative estimate of drug-likeness (QED) is 0.216. The summed E-state index contributed by atoms with van der Waals surface area (Å²) in [5, 5.41) is 13.7. The molecule has 10 nitrogen and oxygen atoms in total. The number of aliphatic imine (C=N–C) groups is 1. The number of amides is 2. The predicted octanol–water partition coefficient (Wildman–Crippen LogP) is 5.32. The first-order valence-corrected chi connectivity index (χ1v) is 12.2. The fourth-order valence-electron chi connectivity index (χ4n) is 3.48. The van der Waals surface area contributed by atoms with Gasteiger partial charge in [0, 0.05) is 17.8 Å². The molecule has 1 aliphatic heterocycles. The third-order valence-electron chi connectivity index (χ3n) is 5.24. The number of benzene rings is 3. The molecule has 13 heteroatoms. The zero-order valence-electron chi connectivity index (χ0n) is 20.2. The molecular weight excluding hydrogens is 534 g/mol. The first-order chi connectivity index (χ1) is 18.7. The Hall–Kier alpha value is -4.78. The molecular formula is C26H20F2N4O6S. The van der Waals surface area contributed by atoms with E-state index in [0.717, 1.165) is 11.8 Å². The molecule has 1 aliphatic rings. The van der Waals surface area contributed by atoms with Gasteiger partial charge in [-0.25, -0.2) is 4.99 Å². The second-order valence-electron chi connectivity index (χ2n) is 7.85. The molecule has 0 aromatic heterocycles. The average Bonchev–Trinajstić information content (AvgIpc) is 3.22. The van der Waals surface area contributed by atoms with Crippen LogP contribution in [0.25, 0.3) is 6.08 Å². The van der Waals surface area contributed by atoms with E-state index in [1.807, 2.05) is 0 Å². The topological polar surface area (TPSA) is 123 Å². The molecule has 2 amide bonds. The van der Waals surface area contributed by atoms with Crippen LogP contribution in [0, 0.1) is 10.1 Å². The van der Waals surface area contributed by atoms with E-state index >= 15 is 0 Å². The number of nitro benzene ring substituents is 1. The number of rotatable bonds is 9. The second kappa shape index (κ2) is 12.2. The molecule has 0 saturated carbocycles. The Balaban J connectivity index is 1.56. The molecule has 4 rings (SSSR count). The maximum Gasteiger partial charge on any atom is 0.387 e. The van der Waals surface area contributed by atoms with E-state index in [-0.39, 0.29) is 33.7 Å². The number of nitro groups is 1. The molecule has 0 fully saturated rings. The van der Waals surface area contributed by atoms with E-state index in [1.165, 1.54) is 60.5 Å². The van der Waals surface area contributed by atoms with Crippen molar-refractivity contribution in [1.29, 1.82) is 0 Å². The Morgan fingerprint density at radius 2 is 1.82 bits per heavy atom. The van der Waals surface area contributed by atoms with E-state index in [9.17, 15) is 28.5 Å². The van der Waals surface area contributed by atoms with Crippen molar-refractivity contribution >= 4 is 51.9 Å². The van der Waals surface area contributed by atoms with E-state index < -0.39 is 23.3 Å². The minimum absolute atomic E-state index is 0.0862. The first-order valence-electron chi connectivity index (χ1n) is 11.2. The van der Waals surface area contributed by atoms with Gasteiger partial charge in [-0.2, -0.15) is 8.78 Å². The number of ether oxygens (including phenoxy) is 2. The monoisotopic (exact) mass is 554 g/mol. The van der Waals surface area contributed by atoms with E-state index in [2.05, 4.69) is 15.0 Å². The SMILES string of the molecule is COc1ccc(/C=C2/N=C(SCC(=O)Nc3cccc([N+](=O)[O-])c3)N(c3ccc(OC(F)F)cc3)C2=O)cc1. The summed E-state index contributed by atoms with van der Waals surface area (Å²) in [6.07, 6.45) is 1.57. The molecule has 3 aromatic rings. The van der Waals surface area contributed by atoms with E-state index in [4.69, 9.17) is 4.74 Å². The number of carbonyl (C=O) groups is 2. The lowest BCUT2D eigenvalue weighted by molar-refractivity contribution is -0.384. The van der Waals surface area contributed by atoms with Crippen molar-refractivity contribution in [1.82, 2.24) is 0 Å². The zero-order valence-corrected chi connectivity index (χ0v) is 21.1. The first kappa shape index (κ1) is 27.3. The Morgan fingerprint density at radius 3 is 2.46 bits per heavy atom. The van der Waals surface area contributed by atoms with Gasteiger partial charge < -0.3 is 14.8 Å².